The predicted octanol–water partition coefficient (Wildman–Crippen LogP) is 2.33. The molecule has 114 valence electrons. The van der Waals surface area contributed by atoms with Crippen LogP contribution in [0.2, 0.25) is 5.28 Å². The summed E-state index contributed by atoms with van der Waals surface area (Å²) in [5.41, 5.74) is 0. The standard InChI is InChI=1S/C13H19ClN6O/c1-2-3-9-21-10-5-6-15-12-17-11(14)18-13(19-12)20-8-4-7-16-20/h4,7-8H,2-3,5-6,9-10H2,1H3,(H,15,17,18,19). The maximum atomic E-state index is 5.90. The van der Waals surface area contributed by atoms with Crippen molar-refractivity contribution >= 4 is 17.5 Å². The molecule has 0 aromatic carbocycles. The van der Waals surface area contributed by atoms with Crippen molar-refractivity contribution < 1.29 is 4.74 Å². The van der Waals surface area contributed by atoms with E-state index in [2.05, 4.69) is 32.3 Å². The molecule has 0 aliphatic heterocycles. The molecule has 1 N–H and O–H groups in total. The summed E-state index contributed by atoms with van der Waals surface area (Å²) in [4.78, 5) is 12.3. The molecule has 2 heterocycles. The van der Waals surface area contributed by atoms with Crippen molar-refractivity contribution in [3.8, 4) is 5.95 Å². The van der Waals surface area contributed by atoms with Crippen molar-refractivity contribution in [1.29, 1.82) is 0 Å². The van der Waals surface area contributed by atoms with E-state index in [4.69, 9.17) is 16.3 Å². The number of nitrogens with zero attached hydrogens (tertiary/aromatic N) is 5. The van der Waals surface area contributed by atoms with E-state index in [1.54, 1.807) is 18.5 Å². The van der Waals surface area contributed by atoms with E-state index in [0.717, 1.165) is 32.5 Å². The lowest BCUT2D eigenvalue weighted by atomic mass is 10.4. The molecule has 2 rings (SSSR count). The van der Waals surface area contributed by atoms with Gasteiger partial charge in [-0.3, -0.25) is 0 Å². The van der Waals surface area contributed by atoms with Gasteiger partial charge in [-0.05, 0) is 30.5 Å². The van der Waals surface area contributed by atoms with Crippen molar-refractivity contribution in [2.45, 2.75) is 26.2 Å². The van der Waals surface area contributed by atoms with Crippen molar-refractivity contribution in [2.24, 2.45) is 0 Å². The van der Waals surface area contributed by atoms with Gasteiger partial charge in [-0.2, -0.15) is 20.1 Å². The van der Waals surface area contributed by atoms with Gasteiger partial charge in [0.15, 0.2) is 0 Å². The maximum Gasteiger partial charge on any atom is 0.256 e. The van der Waals surface area contributed by atoms with Gasteiger partial charge in [0, 0.05) is 32.2 Å². The first kappa shape index (κ1) is 15.7. The molecule has 0 aliphatic rings. The summed E-state index contributed by atoms with van der Waals surface area (Å²) in [6, 6.07) is 1.79. The van der Waals surface area contributed by atoms with E-state index >= 15 is 0 Å². The summed E-state index contributed by atoms with van der Waals surface area (Å²) in [6.07, 6.45) is 6.53. The van der Waals surface area contributed by atoms with Gasteiger partial charge in [0.1, 0.15) is 0 Å². The zero-order valence-electron chi connectivity index (χ0n) is 12.0. The molecule has 0 spiro atoms. The highest BCUT2D eigenvalue weighted by Crippen LogP contribution is 2.08. The maximum absolute atomic E-state index is 5.90. The SMILES string of the molecule is CCCCOCCCNc1nc(Cl)nc(-n2cccn2)n1. The minimum Gasteiger partial charge on any atom is -0.381 e. The molecule has 2 aromatic rings. The first-order valence-corrected chi connectivity index (χ1v) is 7.40. The fraction of sp³-hybridized carbons (Fsp3) is 0.538. The number of rotatable bonds is 9. The summed E-state index contributed by atoms with van der Waals surface area (Å²) in [6.45, 7) is 4.40. The Morgan fingerprint density at radius 1 is 1.24 bits per heavy atom. The van der Waals surface area contributed by atoms with Crippen LogP contribution in [0.15, 0.2) is 18.5 Å². The number of ether oxygens (including phenoxy) is 1. The number of anilines is 1. The van der Waals surface area contributed by atoms with Crippen LogP contribution in [0.3, 0.4) is 0 Å². The Morgan fingerprint density at radius 2 is 2.10 bits per heavy atom. The summed E-state index contributed by atoms with van der Waals surface area (Å²) in [5, 5.41) is 7.31. The van der Waals surface area contributed by atoms with Crippen LogP contribution in [0.4, 0.5) is 5.95 Å². The molecule has 0 bridgehead atoms. The average molecular weight is 311 g/mol. The van der Waals surface area contributed by atoms with E-state index in [1.807, 2.05) is 0 Å². The third-order valence-electron chi connectivity index (χ3n) is 2.70. The lowest BCUT2D eigenvalue weighted by molar-refractivity contribution is 0.131. The smallest absolute Gasteiger partial charge is 0.256 e. The van der Waals surface area contributed by atoms with Gasteiger partial charge in [0.2, 0.25) is 11.2 Å². The first-order chi connectivity index (χ1) is 10.3. The molecule has 0 unspecified atom stereocenters. The second kappa shape index (κ2) is 8.53. The molecule has 0 amide bonds. The van der Waals surface area contributed by atoms with Crippen LogP contribution in [0.25, 0.3) is 5.95 Å². The van der Waals surface area contributed by atoms with E-state index in [9.17, 15) is 0 Å². The molecule has 0 radical (unpaired) electrons. The fourth-order valence-corrected chi connectivity index (χ4v) is 1.79. The Bertz CT molecular complexity index is 533. The van der Waals surface area contributed by atoms with Crippen molar-refractivity contribution in [1.82, 2.24) is 24.7 Å². The minimum absolute atomic E-state index is 0.136. The van der Waals surface area contributed by atoms with Crippen LogP contribution in [0, 0.1) is 0 Å². The zero-order valence-corrected chi connectivity index (χ0v) is 12.8. The van der Waals surface area contributed by atoms with Gasteiger partial charge in [-0.15, -0.1) is 0 Å². The lowest BCUT2D eigenvalue weighted by Crippen LogP contribution is -2.11. The third kappa shape index (κ3) is 5.28. The third-order valence-corrected chi connectivity index (χ3v) is 2.87. The van der Waals surface area contributed by atoms with Gasteiger partial charge in [-0.1, -0.05) is 13.3 Å². The highest BCUT2D eigenvalue weighted by atomic mass is 35.5. The van der Waals surface area contributed by atoms with Crippen LogP contribution in [-0.2, 0) is 4.74 Å². The molecular weight excluding hydrogens is 292 g/mol. The average Bonchev–Trinajstić information content (AvgIpc) is 3.00. The van der Waals surface area contributed by atoms with Gasteiger partial charge < -0.3 is 10.1 Å². The highest BCUT2D eigenvalue weighted by molar-refractivity contribution is 6.28. The summed E-state index contributed by atoms with van der Waals surface area (Å²) >= 11 is 5.90. The second-order valence-electron chi connectivity index (χ2n) is 4.42. The Labute approximate surface area is 128 Å². The Balaban J connectivity index is 1.81. The largest absolute Gasteiger partial charge is 0.381 e. The summed E-state index contributed by atoms with van der Waals surface area (Å²) in [5.74, 6) is 0.829. The van der Waals surface area contributed by atoms with Crippen LogP contribution < -0.4 is 5.32 Å². The molecule has 0 aliphatic carbocycles. The van der Waals surface area contributed by atoms with Crippen LogP contribution in [0.1, 0.15) is 26.2 Å². The topological polar surface area (TPSA) is 77.8 Å². The molecule has 21 heavy (non-hydrogen) atoms. The van der Waals surface area contributed by atoms with Crippen LogP contribution in [-0.4, -0.2) is 44.5 Å². The Kier molecular flexibility index (Phi) is 6.36. The van der Waals surface area contributed by atoms with E-state index in [0.29, 0.717) is 18.4 Å². The van der Waals surface area contributed by atoms with Gasteiger partial charge >= 0.3 is 0 Å². The number of nitrogens with one attached hydrogen (secondary N) is 1. The molecule has 2 aromatic heterocycles. The van der Waals surface area contributed by atoms with Gasteiger partial charge in [0.05, 0.1) is 0 Å². The van der Waals surface area contributed by atoms with E-state index < -0.39 is 0 Å². The zero-order chi connectivity index (χ0) is 14.9. The molecule has 0 fully saturated rings. The highest BCUT2D eigenvalue weighted by Gasteiger charge is 2.06. The van der Waals surface area contributed by atoms with Gasteiger partial charge in [-0.25, -0.2) is 4.68 Å². The van der Waals surface area contributed by atoms with E-state index in [1.165, 1.54) is 4.68 Å². The lowest BCUT2D eigenvalue weighted by Gasteiger charge is -2.07. The summed E-state index contributed by atoms with van der Waals surface area (Å²) in [7, 11) is 0. The molecular formula is C13H19ClN6O. The van der Waals surface area contributed by atoms with Crippen molar-refractivity contribution in [2.75, 3.05) is 25.1 Å². The molecule has 8 heteroatoms. The number of halogens is 1. The molecule has 0 saturated heterocycles. The number of unbranched alkanes of at least 4 members (excludes halogenated alkanes) is 1. The fourth-order valence-electron chi connectivity index (χ4n) is 1.63. The van der Waals surface area contributed by atoms with Crippen LogP contribution >= 0.6 is 11.6 Å². The van der Waals surface area contributed by atoms with Crippen LogP contribution in [0.5, 0.6) is 0 Å². The quantitative estimate of drug-likeness (QED) is 0.716. The summed E-state index contributed by atoms with van der Waals surface area (Å²) < 4.78 is 7.02. The van der Waals surface area contributed by atoms with Crippen molar-refractivity contribution in [3.63, 3.8) is 0 Å². The number of aromatic nitrogens is 5. The van der Waals surface area contributed by atoms with Crippen molar-refractivity contribution in [3.05, 3.63) is 23.7 Å². The first-order valence-electron chi connectivity index (χ1n) is 7.03. The number of hydrogen-bond donors (Lipinski definition) is 1. The molecule has 0 saturated carbocycles. The Hall–Kier alpha value is -1.73. The molecule has 7 nitrogen and oxygen atoms in total. The predicted molar refractivity (Wildman–Crippen MR) is 80.8 cm³/mol. The Morgan fingerprint density at radius 3 is 2.86 bits per heavy atom. The second-order valence-corrected chi connectivity index (χ2v) is 4.76. The normalized spacial score (nSPS) is 10.8. The van der Waals surface area contributed by atoms with Gasteiger partial charge in [0.25, 0.3) is 5.95 Å². The van der Waals surface area contributed by atoms with E-state index in [-0.39, 0.29) is 5.28 Å². The number of hydrogen-bond acceptors (Lipinski definition) is 6. The molecule has 0 atom stereocenters. The monoisotopic (exact) mass is 310 g/mol. The minimum atomic E-state index is 0.136.